The van der Waals surface area contributed by atoms with Crippen LogP contribution in [0.1, 0.15) is 5.56 Å². The Hall–Kier alpha value is -1.13. The summed E-state index contributed by atoms with van der Waals surface area (Å²) in [5, 5.41) is 0. The van der Waals surface area contributed by atoms with Crippen molar-refractivity contribution in [2.24, 2.45) is 0 Å². The van der Waals surface area contributed by atoms with Crippen LogP contribution in [-0.2, 0) is 11.4 Å². The molecule has 0 spiro atoms. The molecule has 0 heterocycles. The fourth-order valence-electron chi connectivity index (χ4n) is 1.29. The van der Waals surface area contributed by atoms with Gasteiger partial charge >= 0.3 is 0 Å². The van der Waals surface area contributed by atoms with Gasteiger partial charge in [0.1, 0.15) is 5.82 Å². The minimum Gasteiger partial charge on any atom is -0.377 e. The minimum absolute atomic E-state index is 0.222. The molecule has 0 amide bonds. The molecule has 0 radical (unpaired) electrons. The Labute approximate surface area is 83.4 Å². The van der Waals surface area contributed by atoms with Crippen LogP contribution < -0.4 is 10.4 Å². The first kappa shape index (κ1) is 10.9. The molecular weight excluding hydrogens is 183 g/mol. The number of halogens is 1. The molecule has 0 aliphatic heterocycles. The van der Waals surface area contributed by atoms with Gasteiger partial charge in [-0.3, -0.25) is 0 Å². The van der Waals surface area contributed by atoms with Crippen LogP contribution in [0.4, 0.5) is 10.1 Å². The van der Waals surface area contributed by atoms with Gasteiger partial charge in [-0.05, 0) is 12.1 Å². The maximum Gasteiger partial charge on any atom is 0.129 e. The average molecular weight is 198 g/mol. The summed E-state index contributed by atoms with van der Waals surface area (Å²) in [6.07, 6.45) is 0. The van der Waals surface area contributed by atoms with Crippen molar-refractivity contribution >= 4 is 5.69 Å². The van der Waals surface area contributed by atoms with Crippen molar-refractivity contribution in [1.29, 1.82) is 0 Å². The van der Waals surface area contributed by atoms with Gasteiger partial charge < -0.3 is 9.74 Å². The Morgan fingerprint density at radius 1 is 1.43 bits per heavy atom. The third-order valence-electron chi connectivity index (χ3n) is 1.97. The molecule has 0 saturated heterocycles. The molecule has 0 aliphatic rings. The summed E-state index contributed by atoms with van der Waals surface area (Å²) in [4.78, 5) is 6.57. The third-order valence-corrected chi connectivity index (χ3v) is 1.97. The van der Waals surface area contributed by atoms with Crippen molar-refractivity contribution in [3.05, 3.63) is 29.6 Å². The van der Waals surface area contributed by atoms with E-state index in [0.29, 0.717) is 12.1 Å². The molecule has 0 aliphatic carbocycles. The maximum atomic E-state index is 13.4. The second kappa shape index (κ2) is 4.93. The number of anilines is 1. The fraction of sp³-hybridized carbons (Fsp3) is 0.400. The van der Waals surface area contributed by atoms with Crippen LogP contribution in [0.5, 0.6) is 0 Å². The zero-order chi connectivity index (χ0) is 10.6. The van der Waals surface area contributed by atoms with Gasteiger partial charge in [0.05, 0.1) is 13.7 Å². The van der Waals surface area contributed by atoms with E-state index in [9.17, 15) is 4.39 Å². The first-order valence-corrected chi connectivity index (χ1v) is 4.37. The molecule has 14 heavy (non-hydrogen) atoms. The SMILES string of the molecule is CONCc1c(F)cccc1N(C)C. The van der Waals surface area contributed by atoms with Crippen molar-refractivity contribution in [2.75, 3.05) is 26.1 Å². The van der Waals surface area contributed by atoms with Crippen molar-refractivity contribution in [1.82, 2.24) is 5.48 Å². The van der Waals surface area contributed by atoms with Gasteiger partial charge in [0.15, 0.2) is 0 Å². The Kier molecular flexibility index (Phi) is 3.85. The van der Waals surface area contributed by atoms with Gasteiger partial charge in [0, 0.05) is 25.3 Å². The molecule has 0 aromatic heterocycles. The van der Waals surface area contributed by atoms with Crippen LogP contribution in [0.3, 0.4) is 0 Å². The molecule has 78 valence electrons. The van der Waals surface area contributed by atoms with Crippen LogP contribution in [0.15, 0.2) is 18.2 Å². The highest BCUT2D eigenvalue weighted by Gasteiger charge is 2.08. The Bertz CT molecular complexity index is 302. The molecule has 1 N–H and O–H groups in total. The highest BCUT2D eigenvalue weighted by molar-refractivity contribution is 5.52. The Morgan fingerprint density at radius 3 is 2.71 bits per heavy atom. The van der Waals surface area contributed by atoms with E-state index in [2.05, 4.69) is 5.48 Å². The molecule has 4 heteroatoms. The summed E-state index contributed by atoms with van der Waals surface area (Å²) in [5.74, 6) is -0.222. The number of rotatable bonds is 4. The Morgan fingerprint density at radius 2 is 2.14 bits per heavy atom. The lowest BCUT2D eigenvalue weighted by atomic mass is 10.1. The van der Waals surface area contributed by atoms with E-state index in [1.54, 1.807) is 6.07 Å². The molecule has 0 atom stereocenters. The summed E-state index contributed by atoms with van der Waals surface area (Å²) in [5.41, 5.74) is 4.10. The van der Waals surface area contributed by atoms with E-state index in [1.165, 1.54) is 13.2 Å². The Balaban J connectivity index is 2.96. The molecular formula is C10H15FN2O. The zero-order valence-corrected chi connectivity index (χ0v) is 8.67. The van der Waals surface area contributed by atoms with E-state index < -0.39 is 0 Å². The largest absolute Gasteiger partial charge is 0.377 e. The standard InChI is InChI=1S/C10H15FN2O/c1-13(2)10-6-4-5-9(11)8(10)7-12-14-3/h4-6,12H,7H2,1-3H3. The molecule has 0 fully saturated rings. The van der Waals surface area contributed by atoms with E-state index in [0.717, 1.165) is 5.69 Å². The quantitative estimate of drug-likeness (QED) is 0.743. The summed E-state index contributed by atoms with van der Waals surface area (Å²) < 4.78 is 13.4. The van der Waals surface area contributed by atoms with Gasteiger partial charge in [-0.2, -0.15) is 5.48 Å². The predicted octanol–water partition coefficient (Wildman–Crippen LogP) is 1.54. The first-order chi connectivity index (χ1) is 6.66. The maximum absolute atomic E-state index is 13.4. The molecule has 0 unspecified atom stereocenters. The summed E-state index contributed by atoms with van der Waals surface area (Å²) in [7, 11) is 5.27. The van der Waals surface area contributed by atoms with Crippen LogP contribution in [-0.4, -0.2) is 21.2 Å². The number of nitrogens with one attached hydrogen (secondary N) is 1. The van der Waals surface area contributed by atoms with Gasteiger partial charge in [-0.15, -0.1) is 0 Å². The molecule has 1 rings (SSSR count). The summed E-state index contributed by atoms with van der Waals surface area (Å²) in [6, 6.07) is 5.01. The van der Waals surface area contributed by atoms with Gasteiger partial charge in [0.25, 0.3) is 0 Å². The molecule has 0 bridgehead atoms. The summed E-state index contributed by atoms with van der Waals surface area (Å²) >= 11 is 0. The molecule has 1 aromatic carbocycles. The lowest BCUT2D eigenvalue weighted by Gasteiger charge is -2.17. The number of hydroxylamine groups is 1. The highest BCUT2D eigenvalue weighted by atomic mass is 19.1. The number of hydrogen-bond donors (Lipinski definition) is 1. The molecule has 3 nitrogen and oxygen atoms in total. The van der Waals surface area contributed by atoms with Crippen LogP contribution in [0.2, 0.25) is 0 Å². The predicted molar refractivity (Wildman–Crippen MR) is 54.6 cm³/mol. The number of nitrogens with zero attached hydrogens (tertiary/aromatic N) is 1. The van der Waals surface area contributed by atoms with Gasteiger partial charge in [0.2, 0.25) is 0 Å². The average Bonchev–Trinajstić information content (AvgIpc) is 2.15. The zero-order valence-electron chi connectivity index (χ0n) is 8.67. The van der Waals surface area contributed by atoms with Gasteiger partial charge in [-0.1, -0.05) is 6.07 Å². The lowest BCUT2D eigenvalue weighted by molar-refractivity contribution is 0.0860. The van der Waals surface area contributed by atoms with Crippen molar-refractivity contribution in [2.45, 2.75) is 6.54 Å². The number of benzene rings is 1. The van der Waals surface area contributed by atoms with E-state index in [4.69, 9.17) is 4.84 Å². The minimum atomic E-state index is -0.222. The van der Waals surface area contributed by atoms with E-state index >= 15 is 0 Å². The molecule has 0 saturated carbocycles. The molecule has 1 aromatic rings. The second-order valence-corrected chi connectivity index (χ2v) is 3.16. The monoisotopic (exact) mass is 198 g/mol. The topological polar surface area (TPSA) is 24.5 Å². The third kappa shape index (κ3) is 2.43. The van der Waals surface area contributed by atoms with E-state index in [-0.39, 0.29) is 5.82 Å². The lowest BCUT2D eigenvalue weighted by Crippen LogP contribution is -2.17. The number of hydrogen-bond acceptors (Lipinski definition) is 3. The highest BCUT2D eigenvalue weighted by Crippen LogP contribution is 2.20. The van der Waals surface area contributed by atoms with Crippen molar-refractivity contribution in [3.8, 4) is 0 Å². The van der Waals surface area contributed by atoms with Crippen LogP contribution in [0.25, 0.3) is 0 Å². The first-order valence-electron chi connectivity index (χ1n) is 4.37. The van der Waals surface area contributed by atoms with Crippen molar-refractivity contribution < 1.29 is 9.23 Å². The van der Waals surface area contributed by atoms with E-state index in [1.807, 2.05) is 25.1 Å². The normalized spacial score (nSPS) is 10.3. The second-order valence-electron chi connectivity index (χ2n) is 3.16. The van der Waals surface area contributed by atoms with Crippen molar-refractivity contribution in [3.63, 3.8) is 0 Å². The smallest absolute Gasteiger partial charge is 0.129 e. The van der Waals surface area contributed by atoms with Crippen LogP contribution >= 0.6 is 0 Å². The van der Waals surface area contributed by atoms with Gasteiger partial charge in [-0.25, -0.2) is 4.39 Å². The van der Waals surface area contributed by atoms with Crippen LogP contribution in [0, 0.1) is 5.82 Å². The fourth-order valence-corrected chi connectivity index (χ4v) is 1.29. The summed E-state index contributed by atoms with van der Waals surface area (Å²) in [6.45, 7) is 0.358.